The maximum absolute atomic E-state index is 11.0. The van der Waals surface area contributed by atoms with Crippen LogP contribution in [0.4, 0.5) is 5.13 Å². The van der Waals surface area contributed by atoms with Crippen LogP contribution in [0, 0.1) is 0 Å². The van der Waals surface area contributed by atoms with Crippen molar-refractivity contribution >= 4 is 38.3 Å². The van der Waals surface area contributed by atoms with Crippen LogP contribution in [0.1, 0.15) is 6.92 Å². The van der Waals surface area contributed by atoms with Crippen LogP contribution in [0.25, 0.3) is 0 Å². The van der Waals surface area contributed by atoms with Gasteiger partial charge in [-0.1, -0.05) is 11.3 Å². The third-order valence-corrected chi connectivity index (χ3v) is 2.51. The van der Waals surface area contributed by atoms with Crippen LogP contribution >= 0.6 is 27.3 Å². The molecule has 1 atom stereocenters. The van der Waals surface area contributed by atoms with E-state index < -0.39 is 6.04 Å². The quantitative estimate of drug-likeness (QED) is 0.828. The Labute approximate surface area is 82.3 Å². The molecule has 0 saturated heterocycles. The Morgan fingerprint density at radius 3 is 3.00 bits per heavy atom. The zero-order valence-corrected chi connectivity index (χ0v) is 8.78. The summed E-state index contributed by atoms with van der Waals surface area (Å²) in [5, 5.41) is 3.14. The summed E-state index contributed by atoms with van der Waals surface area (Å²) in [6.45, 7) is 1.62. The lowest BCUT2D eigenvalue weighted by Crippen LogP contribution is -2.32. The number of hydrogen-bond donors (Lipinski definition) is 2. The first-order valence-electron chi connectivity index (χ1n) is 3.27. The number of thiazole rings is 1. The predicted octanol–water partition coefficient (Wildman–Crippen LogP) is 1.19. The molecule has 1 aromatic heterocycles. The standard InChI is InChI=1S/C6H8BrN3OS/c1-3(8)5(11)10-6-9-2-4(7)12-6/h2-3H,8H2,1H3,(H,9,10,11)/t3-/m1/s1. The van der Waals surface area contributed by atoms with Gasteiger partial charge in [-0.2, -0.15) is 0 Å². The largest absolute Gasteiger partial charge is 0.320 e. The Bertz CT molecular complexity index is 286. The van der Waals surface area contributed by atoms with E-state index in [2.05, 4.69) is 26.2 Å². The topological polar surface area (TPSA) is 68.0 Å². The third-order valence-electron chi connectivity index (χ3n) is 1.12. The monoisotopic (exact) mass is 249 g/mol. The Balaban J connectivity index is 2.58. The molecule has 0 fully saturated rings. The Morgan fingerprint density at radius 2 is 2.58 bits per heavy atom. The number of aromatic nitrogens is 1. The van der Waals surface area contributed by atoms with E-state index in [4.69, 9.17) is 5.73 Å². The van der Waals surface area contributed by atoms with Crippen LogP contribution < -0.4 is 11.1 Å². The van der Waals surface area contributed by atoms with Crippen LogP contribution in [0.5, 0.6) is 0 Å². The van der Waals surface area contributed by atoms with Gasteiger partial charge in [0, 0.05) is 0 Å². The third kappa shape index (κ3) is 2.54. The second kappa shape index (κ2) is 3.97. The highest BCUT2D eigenvalue weighted by Crippen LogP contribution is 2.22. The number of carbonyl (C=O) groups is 1. The molecule has 66 valence electrons. The van der Waals surface area contributed by atoms with Crippen LogP contribution in [0.2, 0.25) is 0 Å². The maximum Gasteiger partial charge on any atom is 0.242 e. The molecule has 1 rings (SSSR count). The number of rotatable bonds is 2. The number of anilines is 1. The molecular formula is C6H8BrN3OS. The second-order valence-electron chi connectivity index (χ2n) is 2.25. The van der Waals surface area contributed by atoms with Crippen molar-refractivity contribution in [1.82, 2.24) is 4.98 Å². The average molecular weight is 250 g/mol. The molecule has 3 N–H and O–H groups in total. The lowest BCUT2D eigenvalue weighted by Gasteiger charge is -2.02. The SMILES string of the molecule is C[C@@H](N)C(=O)Nc1ncc(Br)s1. The summed E-state index contributed by atoms with van der Waals surface area (Å²) in [5.41, 5.74) is 5.34. The molecule has 1 aromatic rings. The highest BCUT2D eigenvalue weighted by atomic mass is 79.9. The lowest BCUT2D eigenvalue weighted by molar-refractivity contribution is -0.117. The predicted molar refractivity (Wildman–Crippen MR) is 52.1 cm³/mol. The minimum Gasteiger partial charge on any atom is -0.320 e. The molecule has 1 amide bonds. The number of amides is 1. The lowest BCUT2D eigenvalue weighted by atomic mass is 10.3. The van der Waals surface area contributed by atoms with Gasteiger partial charge in [0.25, 0.3) is 0 Å². The molecule has 0 bridgehead atoms. The van der Waals surface area contributed by atoms with Gasteiger partial charge in [-0.15, -0.1) is 0 Å². The van der Waals surface area contributed by atoms with E-state index in [0.717, 1.165) is 3.79 Å². The van der Waals surface area contributed by atoms with Crippen LogP contribution in [0.15, 0.2) is 9.98 Å². The van der Waals surface area contributed by atoms with E-state index in [1.165, 1.54) is 11.3 Å². The smallest absolute Gasteiger partial charge is 0.242 e. The number of hydrogen-bond acceptors (Lipinski definition) is 4. The number of nitrogens with zero attached hydrogens (tertiary/aromatic N) is 1. The van der Waals surface area contributed by atoms with E-state index in [0.29, 0.717) is 5.13 Å². The van der Waals surface area contributed by atoms with Crippen molar-refractivity contribution in [3.05, 3.63) is 9.98 Å². The fourth-order valence-corrected chi connectivity index (χ4v) is 1.64. The van der Waals surface area contributed by atoms with Gasteiger partial charge in [0.1, 0.15) is 0 Å². The number of carbonyl (C=O) groups excluding carboxylic acids is 1. The van der Waals surface area contributed by atoms with Crippen molar-refractivity contribution < 1.29 is 4.79 Å². The molecule has 0 saturated carbocycles. The zero-order chi connectivity index (χ0) is 9.14. The first-order valence-corrected chi connectivity index (χ1v) is 4.88. The Morgan fingerprint density at radius 1 is 1.92 bits per heavy atom. The summed E-state index contributed by atoms with van der Waals surface area (Å²) in [6.07, 6.45) is 1.63. The zero-order valence-electron chi connectivity index (χ0n) is 6.37. The molecule has 1 heterocycles. The number of nitrogens with two attached hydrogens (primary N) is 1. The van der Waals surface area contributed by atoms with E-state index in [1.54, 1.807) is 13.1 Å². The average Bonchev–Trinajstić information content (AvgIpc) is 2.35. The van der Waals surface area contributed by atoms with Crippen molar-refractivity contribution in [2.24, 2.45) is 5.73 Å². The fraction of sp³-hybridized carbons (Fsp3) is 0.333. The van der Waals surface area contributed by atoms with Crippen molar-refractivity contribution in [2.45, 2.75) is 13.0 Å². The summed E-state index contributed by atoms with van der Waals surface area (Å²) in [4.78, 5) is 15.0. The molecule has 0 unspecified atom stereocenters. The Hall–Kier alpha value is -0.460. The molecule has 4 nitrogen and oxygen atoms in total. The van der Waals surface area contributed by atoms with E-state index in [-0.39, 0.29) is 5.91 Å². The summed E-state index contributed by atoms with van der Waals surface area (Å²) in [5.74, 6) is -0.225. The van der Waals surface area contributed by atoms with Crippen LogP contribution in [-0.4, -0.2) is 16.9 Å². The van der Waals surface area contributed by atoms with Crippen molar-refractivity contribution in [3.8, 4) is 0 Å². The van der Waals surface area contributed by atoms with Crippen LogP contribution in [0.3, 0.4) is 0 Å². The number of nitrogens with one attached hydrogen (secondary N) is 1. The highest BCUT2D eigenvalue weighted by molar-refractivity contribution is 9.11. The molecule has 0 aromatic carbocycles. The summed E-state index contributed by atoms with van der Waals surface area (Å²) >= 11 is 4.58. The van der Waals surface area contributed by atoms with Crippen molar-refractivity contribution in [2.75, 3.05) is 5.32 Å². The maximum atomic E-state index is 11.0. The minimum atomic E-state index is -0.507. The van der Waals surface area contributed by atoms with Gasteiger partial charge in [0.05, 0.1) is 16.0 Å². The summed E-state index contributed by atoms with van der Waals surface area (Å²) < 4.78 is 0.877. The molecule has 0 radical (unpaired) electrons. The van der Waals surface area contributed by atoms with Crippen LogP contribution in [-0.2, 0) is 4.79 Å². The molecule has 0 aliphatic carbocycles. The number of halogens is 1. The van der Waals surface area contributed by atoms with E-state index in [9.17, 15) is 4.79 Å². The summed E-state index contributed by atoms with van der Waals surface area (Å²) in [7, 11) is 0. The molecule has 6 heteroatoms. The van der Waals surface area contributed by atoms with Gasteiger partial charge in [0.15, 0.2) is 5.13 Å². The van der Waals surface area contributed by atoms with Crippen molar-refractivity contribution in [3.63, 3.8) is 0 Å². The van der Waals surface area contributed by atoms with Crippen molar-refractivity contribution in [1.29, 1.82) is 0 Å². The highest BCUT2D eigenvalue weighted by Gasteiger charge is 2.09. The summed E-state index contributed by atoms with van der Waals surface area (Å²) in [6, 6.07) is -0.507. The van der Waals surface area contributed by atoms with Gasteiger partial charge in [-0.3, -0.25) is 4.79 Å². The Kier molecular flexibility index (Phi) is 3.19. The van der Waals surface area contributed by atoms with E-state index in [1.807, 2.05) is 0 Å². The second-order valence-corrected chi connectivity index (χ2v) is 4.66. The van der Waals surface area contributed by atoms with Gasteiger partial charge in [-0.05, 0) is 22.9 Å². The van der Waals surface area contributed by atoms with Gasteiger partial charge in [-0.25, -0.2) is 4.98 Å². The van der Waals surface area contributed by atoms with Gasteiger partial charge in [0.2, 0.25) is 5.91 Å². The van der Waals surface area contributed by atoms with Gasteiger partial charge >= 0.3 is 0 Å². The molecular weight excluding hydrogens is 242 g/mol. The first kappa shape index (κ1) is 9.63. The fourth-order valence-electron chi connectivity index (χ4n) is 0.531. The van der Waals surface area contributed by atoms with Gasteiger partial charge < -0.3 is 11.1 Å². The first-order chi connectivity index (χ1) is 5.59. The molecule has 0 aliphatic rings. The van der Waals surface area contributed by atoms with E-state index >= 15 is 0 Å². The minimum absolute atomic E-state index is 0.225. The normalized spacial score (nSPS) is 12.6. The molecule has 0 aliphatic heterocycles. The molecule has 0 spiro atoms. The molecule has 12 heavy (non-hydrogen) atoms.